The van der Waals surface area contributed by atoms with Crippen LogP contribution in [-0.4, -0.2) is 33.9 Å². The van der Waals surface area contributed by atoms with Crippen LogP contribution in [0.25, 0.3) is 0 Å². The number of thiophene rings is 1. The number of carbonyl (C=O) groups is 2. The van der Waals surface area contributed by atoms with Gasteiger partial charge >= 0.3 is 0 Å². The van der Waals surface area contributed by atoms with Crippen molar-refractivity contribution in [2.24, 2.45) is 0 Å². The van der Waals surface area contributed by atoms with Gasteiger partial charge in [-0.25, -0.2) is 13.1 Å². The number of hydrogen-bond acceptors (Lipinski definition) is 6. The van der Waals surface area contributed by atoms with E-state index >= 15 is 0 Å². The molecule has 10 heteroatoms. The highest BCUT2D eigenvalue weighted by molar-refractivity contribution is 7.89. The second kappa shape index (κ2) is 8.07. The molecule has 2 aromatic rings. The Morgan fingerprint density at radius 3 is 2.30 bits per heavy atom. The Balaban J connectivity index is 1.71. The third kappa shape index (κ3) is 4.39. The third-order valence-corrected chi connectivity index (χ3v) is 6.87. The van der Waals surface area contributed by atoms with Gasteiger partial charge in [0.15, 0.2) is 0 Å². The summed E-state index contributed by atoms with van der Waals surface area (Å²) in [6, 6.07) is 9.13. The Morgan fingerprint density at radius 2 is 1.78 bits per heavy atom. The monoisotopic (exact) mass is 428 g/mol. The van der Waals surface area contributed by atoms with Crippen molar-refractivity contribution < 1.29 is 22.7 Å². The van der Waals surface area contributed by atoms with E-state index in [0.29, 0.717) is 10.0 Å². The highest BCUT2D eigenvalue weighted by atomic mass is 35.5. The first-order valence-corrected chi connectivity index (χ1v) is 10.7. The minimum Gasteiger partial charge on any atom is -0.375 e. The number of nitrogens with one attached hydrogen (secondary N) is 1. The maximum Gasteiger partial charge on any atom is 0.240 e. The molecule has 144 valence electrons. The summed E-state index contributed by atoms with van der Waals surface area (Å²) in [5.74, 6) is -0.572. The molecule has 1 aliphatic heterocycles. The molecule has 1 saturated heterocycles. The van der Waals surface area contributed by atoms with E-state index in [9.17, 15) is 18.0 Å². The van der Waals surface area contributed by atoms with Gasteiger partial charge in [0.1, 0.15) is 6.10 Å². The third-order valence-electron chi connectivity index (χ3n) is 4.11. The Hall–Kier alpha value is -1.78. The first kappa shape index (κ1) is 20.0. The minimum atomic E-state index is -3.78. The van der Waals surface area contributed by atoms with Crippen molar-refractivity contribution in [3.63, 3.8) is 0 Å². The number of hydrogen-bond donors (Lipinski definition) is 1. The summed E-state index contributed by atoms with van der Waals surface area (Å²) >= 11 is 7.23. The molecule has 0 bridgehead atoms. The number of imide groups is 1. The van der Waals surface area contributed by atoms with Gasteiger partial charge in [-0.2, -0.15) is 0 Å². The normalized spacial score (nSPS) is 16.1. The lowest BCUT2D eigenvalue weighted by Gasteiger charge is -2.16. The van der Waals surface area contributed by atoms with E-state index in [-0.39, 0.29) is 36.1 Å². The van der Waals surface area contributed by atoms with Crippen LogP contribution in [0, 0.1) is 0 Å². The molecule has 0 aliphatic carbocycles. The van der Waals surface area contributed by atoms with Crippen molar-refractivity contribution in [3.05, 3.63) is 45.6 Å². The number of sulfonamides is 1. The molecule has 1 aromatic carbocycles. The first-order chi connectivity index (χ1) is 12.8. The van der Waals surface area contributed by atoms with Gasteiger partial charge in [0, 0.05) is 31.4 Å². The van der Waals surface area contributed by atoms with Crippen molar-refractivity contribution in [3.8, 4) is 0 Å². The van der Waals surface area contributed by atoms with Crippen LogP contribution in [0.3, 0.4) is 0 Å². The SMILES string of the molecule is CO[C@H](CNS(=O)(=O)c1ccc(N2C(=O)CCC2=O)cc1)c1ccc(Cl)s1. The maximum absolute atomic E-state index is 12.5. The highest BCUT2D eigenvalue weighted by Crippen LogP contribution is 2.29. The maximum atomic E-state index is 12.5. The van der Waals surface area contributed by atoms with Crippen LogP contribution in [0.15, 0.2) is 41.3 Å². The number of carbonyl (C=O) groups excluding carboxylic acids is 2. The number of halogens is 1. The summed E-state index contributed by atoms with van der Waals surface area (Å²) in [5, 5.41) is 0. The molecular formula is C17H17ClN2O5S2. The van der Waals surface area contributed by atoms with E-state index in [1.165, 1.54) is 42.7 Å². The van der Waals surface area contributed by atoms with Crippen LogP contribution in [0.4, 0.5) is 5.69 Å². The second-order valence-electron chi connectivity index (χ2n) is 5.83. The number of rotatable bonds is 7. The number of ether oxygens (including phenoxy) is 1. The van der Waals surface area contributed by atoms with Crippen molar-refractivity contribution in [1.29, 1.82) is 0 Å². The fourth-order valence-electron chi connectivity index (χ4n) is 2.71. The molecule has 3 rings (SSSR count). The van der Waals surface area contributed by atoms with Crippen LogP contribution in [0.1, 0.15) is 23.8 Å². The van der Waals surface area contributed by atoms with Crippen LogP contribution >= 0.6 is 22.9 Å². The number of methoxy groups -OCH3 is 1. The average molecular weight is 429 g/mol. The molecule has 7 nitrogen and oxygen atoms in total. The fraction of sp³-hybridized carbons (Fsp3) is 0.294. The Labute approximate surface area is 165 Å². The van der Waals surface area contributed by atoms with E-state index in [1.807, 2.05) is 0 Å². The molecule has 1 atom stereocenters. The number of nitrogens with zero attached hydrogens (tertiary/aromatic N) is 1. The lowest BCUT2D eigenvalue weighted by molar-refractivity contribution is -0.121. The van der Waals surface area contributed by atoms with Crippen LogP contribution in [0.5, 0.6) is 0 Å². The summed E-state index contributed by atoms with van der Waals surface area (Å²) in [4.78, 5) is 25.5. The van der Waals surface area contributed by atoms with Crippen molar-refractivity contribution in [2.75, 3.05) is 18.6 Å². The highest BCUT2D eigenvalue weighted by Gasteiger charge is 2.30. The smallest absolute Gasteiger partial charge is 0.240 e. The topological polar surface area (TPSA) is 92.8 Å². The molecule has 1 aliphatic rings. The number of amides is 2. The molecule has 0 radical (unpaired) electrons. The van der Waals surface area contributed by atoms with Crippen LogP contribution < -0.4 is 9.62 Å². The predicted octanol–water partition coefficient (Wildman–Crippen LogP) is 2.72. The van der Waals surface area contributed by atoms with E-state index in [0.717, 1.165) is 9.78 Å². The molecule has 1 fully saturated rings. The standard InChI is InChI=1S/C17H17ClN2O5S2/c1-25-13(14-6-7-15(18)26-14)10-19-27(23,24)12-4-2-11(3-5-12)20-16(21)8-9-17(20)22/h2-7,13,19H,8-10H2,1H3/t13-/m1/s1. The molecule has 0 spiro atoms. The summed E-state index contributed by atoms with van der Waals surface area (Å²) in [6.45, 7) is 0.0422. The molecule has 1 aromatic heterocycles. The van der Waals surface area contributed by atoms with Crippen molar-refractivity contribution >= 4 is 50.5 Å². The van der Waals surface area contributed by atoms with Crippen LogP contribution in [0.2, 0.25) is 4.34 Å². The Morgan fingerprint density at radius 1 is 1.15 bits per heavy atom. The second-order valence-corrected chi connectivity index (χ2v) is 9.35. The summed E-state index contributed by atoms with van der Waals surface area (Å²) in [5.41, 5.74) is 0.365. The van der Waals surface area contributed by atoms with Gasteiger partial charge in [0.05, 0.1) is 14.9 Å². The average Bonchev–Trinajstić information content (AvgIpc) is 3.21. The van der Waals surface area contributed by atoms with Gasteiger partial charge in [-0.15, -0.1) is 11.3 Å². The minimum absolute atomic E-state index is 0.0319. The summed E-state index contributed by atoms with van der Waals surface area (Å²) in [7, 11) is -2.29. The molecule has 1 N–H and O–H groups in total. The molecule has 27 heavy (non-hydrogen) atoms. The van der Waals surface area contributed by atoms with Crippen molar-refractivity contribution in [1.82, 2.24) is 4.72 Å². The fourth-order valence-corrected chi connectivity index (χ4v) is 4.88. The van der Waals surface area contributed by atoms with Gasteiger partial charge in [-0.1, -0.05) is 11.6 Å². The molecular weight excluding hydrogens is 412 g/mol. The van der Waals surface area contributed by atoms with Gasteiger partial charge in [0.25, 0.3) is 0 Å². The zero-order chi connectivity index (χ0) is 19.6. The zero-order valence-corrected chi connectivity index (χ0v) is 16.7. The quantitative estimate of drug-likeness (QED) is 0.684. The largest absolute Gasteiger partial charge is 0.375 e. The number of anilines is 1. The Kier molecular flexibility index (Phi) is 5.97. The summed E-state index contributed by atoms with van der Waals surface area (Å²) < 4.78 is 33.5. The molecule has 2 heterocycles. The van der Waals surface area contributed by atoms with E-state index in [1.54, 1.807) is 12.1 Å². The van der Waals surface area contributed by atoms with Crippen molar-refractivity contribution in [2.45, 2.75) is 23.8 Å². The van der Waals surface area contributed by atoms with E-state index in [2.05, 4.69) is 4.72 Å². The zero-order valence-electron chi connectivity index (χ0n) is 14.3. The van der Waals surface area contributed by atoms with E-state index < -0.39 is 16.1 Å². The molecule has 2 amide bonds. The van der Waals surface area contributed by atoms with Gasteiger partial charge in [-0.3, -0.25) is 14.5 Å². The lowest BCUT2D eigenvalue weighted by atomic mass is 10.3. The van der Waals surface area contributed by atoms with Crippen LogP contribution in [-0.2, 0) is 24.3 Å². The molecule has 0 saturated carbocycles. The molecule has 0 unspecified atom stereocenters. The predicted molar refractivity (Wildman–Crippen MR) is 102 cm³/mol. The van der Waals surface area contributed by atoms with Gasteiger partial charge in [-0.05, 0) is 36.4 Å². The summed E-state index contributed by atoms with van der Waals surface area (Å²) in [6.07, 6.45) is -0.117. The lowest BCUT2D eigenvalue weighted by Crippen LogP contribution is -2.30. The van der Waals surface area contributed by atoms with Gasteiger partial charge < -0.3 is 4.74 Å². The van der Waals surface area contributed by atoms with E-state index in [4.69, 9.17) is 16.3 Å². The first-order valence-electron chi connectivity index (χ1n) is 8.05. The number of benzene rings is 1. The van der Waals surface area contributed by atoms with Gasteiger partial charge in [0.2, 0.25) is 21.8 Å². The Bertz CT molecular complexity index is 940.